The predicted octanol–water partition coefficient (Wildman–Crippen LogP) is 4.88. The van der Waals surface area contributed by atoms with Crippen molar-refractivity contribution < 1.29 is 57.0 Å². The summed E-state index contributed by atoms with van der Waals surface area (Å²) in [5, 5.41) is 22.3. The highest BCUT2D eigenvalue weighted by Crippen LogP contribution is 2.46. The SMILES string of the molecule is Nc1ccc(CNc2nc(Cl)nc(Nc3cc(S(=O)(=O)O)cc4cc(S(=O)(=O)O)c(N=Nc5ccc6c(S(=O)(=O)O)cccc6c5S(=O)(=O)O)c(O)c34)n2)cc1. The number of nitrogen functional groups attached to an aromatic ring is 1. The molecule has 1 aromatic heterocycles. The molecule has 1 heterocycles. The Kier molecular flexibility index (Phi) is 10.3. The van der Waals surface area contributed by atoms with Crippen LogP contribution in [0.15, 0.2) is 103 Å². The molecule has 26 heteroatoms. The Morgan fingerprint density at radius 2 is 1.36 bits per heavy atom. The fourth-order valence-corrected chi connectivity index (χ4v) is 8.29. The minimum atomic E-state index is -5.38. The van der Waals surface area contributed by atoms with Crippen molar-refractivity contribution in [3.8, 4) is 5.75 Å². The zero-order valence-electron chi connectivity index (χ0n) is 27.5. The van der Waals surface area contributed by atoms with E-state index in [1.54, 1.807) is 24.3 Å². The number of benzene rings is 5. The van der Waals surface area contributed by atoms with Gasteiger partial charge in [0.25, 0.3) is 40.5 Å². The van der Waals surface area contributed by atoms with Crippen LogP contribution in [0.4, 0.5) is 34.6 Å². The van der Waals surface area contributed by atoms with Crippen LogP contribution in [-0.2, 0) is 47.0 Å². The van der Waals surface area contributed by atoms with E-state index in [9.17, 15) is 57.0 Å². The van der Waals surface area contributed by atoms with Gasteiger partial charge in [-0.05, 0) is 65.0 Å². The molecule has 0 saturated carbocycles. The molecule has 0 unspecified atom stereocenters. The Balaban J connectivity index is 1.54. The number of halogens is 1. The number of aromatic hydroxyl groups is 1. The van der Waals surface area contributed by atoms with Crippen LogP contribution in [0.5, 0.6) is 5.75 Å². The zero-order valence-corrected chi connectivity index (χ0v) is 31.5. The van der Waals surface area contributed by atoms with Crippen LogP contribution >= 0.6 is 11.6 Å². The van der Waals surface area contributed by atoms with Gasteiger partial charge in [0.15, 0.2) is 5.75 Å². The molecule has 0 spiro atoms. The van der Waals surface area contributed by atoms with E-state index in [4.69, 9.17) is 17.3 Å². The van der Waals surface area contributed by atoms with Gasteiger partial charge in [0, 0.05) is 28.4 Å². The molecule has 9 N–H and O–H groups in total. The molecular weight excluding hydrogens is 844 g/mol. The Labute approximate surface area is 320 Å². The molecule has 0 aliphatic rings. The van der Waals surface area contributed by atoms with Gasteiger partial charge in [0.2, 0.25) is 17.2 Å². The molecule has 0 bridgehead atoms. The van der Waals surface area contributed by atoms with Gasteiger partial charge in [0.1, 0.15) is 26.1 Å². The molecule has 0 amide bonds. The molecule has 6 rings (SSSR count). The first-order chi connectivity index (χ1) is 26.0. The Bertz CT molecular complexity index is 3100. The second kappa shape index (κ2) is 14.5. The van der Waals surface area contributed by atoms with E-state index < -0.39 is 99.0 Å². The summed E-state index contributed by atoms with van der Waals surface area (Å²) >= 11 is 6.11. The third kappa shape index (κ3) is 8.44. The van der Waals surface area contributed by atoms with E-state index in [0.29, 0.717) is 11.8 Å². The standard InChI is InChI=1S/C30H23ClN8O13S4/c31-28-35-29(33-13-14-4-6-16(32)7-5-14)37-30(36-28)34-21-12-17(53(41,42)43)10-15-11-23(55(47,48)49)25(26(40)24(15)21)39-38-20-9-8-18-19(27(20)56(50,51)52)2-1-3-22(18)54(44,45)46/h1-12,40H,13,32H2,(H,41,42,43)(H,44,45,46)(H,47,48,49)(H,50,51,52)(H2,33,34,35,36,37). The highest BCUT2D eigenvalue weighted by Gasteiger charge is 2.28. The number of nitrogens with one attached hydrogen (secondary N) is 2. The van der Waals surface area contributed by atoms with Crippen molar-refractivity contribution in [3.63, 3.8) is 0 Å². The number of aromatic nitrogens is 3. The highest BCUT2D eigenvalue weighted by atomic mass is 35.5. The number of anilines is 4. The Morgan fingerprint density at radius 3 is 1.98 bits per heavy atom. The van der Waals surface area contributed by atoms with Crippen molar-refractivity contribution in [3.05, 3.63) is 83.6 Å². The largest absolute Gasteiger partial charge is 0.505 e. The van der Waals surface area contributed by atoms with Crippen LogP contribution in [0.3, 0.4) is 0 Å². The van der Waals surface area contributed by atoms with Crippen molar-refractivity contribution in [2.75, 3.05) is 16.4 Å². The molecule has 292 valence electrons. The van der Waals surface area contributed by atoms with E-state index >= 15 is 0 Å². The van der Waals surface area contributed by atoms with E-state index in [0.717, 1.165) is 48.0 Å². The molecule has 0 saturated heterocycles. The maximum absolute atomic E-state index is 12.6. The fraction of sp³-hybridized carbons (Fsp3) is 0.0333. The van der Waals surface area contributed by atoms with E-state index in [1.165, 1.54) is 0 Å². The monoisotopic (exact) mass is 866 g/mol. The van der Waals surface area contributed by atoms with Crippen LogP contribution in [0.2, 0.25) is 5.28 Å². The summed E-state index contributed by atoms with van der Waals surface area (Å²) in [4.78, 5) is 8.22. The van der Waals surface area contributed by atoms with Gasteiger partial charge in [-0.3, -0.25) is 18.2 Å². The number of fused-ring (bicyclic) bond motifs is 2. The molecule has 0 atom stereocenters. The topological polar surface area (TPSA) is 351 Å². The molecular formula is C30H23ClN8O13S4. The number of hydrogen-bond donors (Lipinski definition) is 8. The van der Waals surface area contributed by atoms with Crippen molar-refractivity contribution in [2.45, 2.75) is 26.1 Å². The summed E-state index contributed by atoms with van der Waals surface area (Å²) in [6.07, 6.45) is 0. The third-order valence-electron chi connectivity index (χ3n) is 7.73. The first kappa shape index (κ1) is 40.0. The molecule has 0 aliphatic heterocycles. The molecule has 0 fully saturated rings. The Hall–Kier alpha value is -5.64. The normalized spacial score (nSPS) is 12.7. The average Bonchev–Trinajstić information content (AvgIpc) is 3.08. The Morgan fingerprint density at radius 1 is 0.696 bits per heavy atom. The second-order valence-electron chi connectivity index (χ2n) is 11.5. The summed E-state index contributed by atoms with van der Waals surface area (Å²) in [6, 6.07) is 13.8. The molecule has 0 aliphatic carbocycles. The number of azo groups is 1. The second-order valence-corrected chi connectivity index (χ2v) is 17.4. The number of nitrogens with zero attached hydrogens (tertiary/aromatic N) is 5. The van der Waals surface area contributed by atoms with Gasteiger partial charge >= 0.3 is 0 Å². The maximum Gasteiger partial charge on any atom is 0.297 e. The number of nitrogens with two attached hydrogens (primary N) is 1. The van der Waals surface area contributed by atoms with Crippen molar-refractivity contribution in [1.82, 2.24) is 15.0 Å². The summed E-state index contributed by atoms with van der Waals surface area (Å²) in [5.41, 5.74) is 4.76. The minimum Gasteiger partial charge on any atom is -0.505 e. The van der Waals surface area contributed by atoms with Gasteiger partial charge in [0.05, 0.1) is 10.6 Å². The molecule has 5 aromatic carbocycles. The summed E-state index contributed by atoms with van der Waals surface area (Å²) in [5.74, 6) is -1.60. The lowest BCUT2D eigenvalue weighted by Gasteiger charge is -2.15. The number of rotatable bonds is 11. The van der Waals surface area contributed by atoms with Crippen LogP contribution in [0.25, 0.3) is 21.5 Å². The van der Waals surface area contributed by atoms with E-state index in [2.05, 4.69) is 35.8 Å². The number of hydrogen-bond acceptors (Lipinski definition) is 17. The first-order valence-electron chi connectivity index (χ1n) is 15.0. The van der Waals surface area contributed by atoms with Gasteiger partial charge in [-0.1, -0.05) is 30.3 Å². The van der Waals surface area contributed by atoms with Gasteiger partial charge in [-0.15, -0.1) is 10.2 Å². The third-order valence-corrected chi connectivity index (χ3v) is 11.5. The summed E-state index contributed by atoms with van der Waals surface area (Å²) in [7, 11) is -20.6. The van der Waals surface area contributed by atoms with Crippen molar-refractivity contribution in [1.29, 1.82) is 0 Å². The van der Waals surface area contributed by atoms with E-state index in [-0.39, 0.29) is 29.1 Å². The minimum absolute atomic E-state index is 0.0966. The summed E-state index contributed by atoms with van der Waals surface area (Å²) < 4.78 is 139. The van der Waals surface area contributed by atoms with Crippen molar-refractivity contribution in [2.24, 2.45) is 10.2 Å². The lowest BCUT2D eigenvalue weighted by atomic mass is 10.1. The lowest BCUT2D eigenvalue weighted by Crippen LogP contribution is -2.08. The first-order valence-corrected chi connectivity index (χ1v) is 21.1. The molecule has 6 aromatic rings. The number of phenols is 1. The summed E-state index contributed by atoms with van der Waals surface area (Å²) in [6.45, 7) is 0.174. The number of phenolic OH excluding ortho intramolecular Hbond substituents is 1. The molecule has 0 radical (unpaired) electrons. The maximum atomic E-state index is 12.6. The smallest absolute Gasteiger partial charge is 0.297 e. The van der Waals surface area contributed by atoms with Crippen molar-refractivity contribution >= 4 is 108 Å². The van der Waals surface area contributed by atoms with Crippen LogP contribution < -0.4 is 16.4 Å². The zero-order chi connectivity index (χ0) is 41.0. The van der Waals surface area contributed by atoms with Gasteiger partial charge in [-0.25, -0.2) is 0 Å². The quantitative estimate of drug-likeness (QED) is 0.0488. The average molecular weight is 867 g/mol. The molecule has 21 nitrogen and oxygen atoms in total. The predicted molar refractivity (Wildman–Crippen MR) is 199 cm³/mol. The molecule has 56 heavy (non-hydrogen) atoms. The van der Waals surface area contributed by atoms with Crippen LogP contribution in [-0.4, -0.2) is 71.9 Å². The van der Waals surface area contributed by atoms with Crippen LogP contribution in [0.1, 0.15) is 5.56 Å². The van der Waals surface area contributed by atoms with Gasteiger partial charge < -0.3 is 21.5 Å². The lowest BCUT2D eigenvalue weighted by molar-refractivity contribution is 0.472. The van der Waals surface area contributed by atoms with E-state index in [1.807, 2.05) is 0 Å². The highest BCUT2D eigenvalue weighted by molar-refractivity contribution is 7.87. The van der Waals surface area contributed by atoms with Crippen LogP contribution in [0, 0.1) is 0 Å². The fourth-order valence-electron chi connectivity index (χ4n) is 5.39. The van der Waals surface area contributed by atoms with Gasteiger partial charge in [-0.2, -0.15) is 48.6 Å².